The van der Waals surface area contributed by atoms with Crippen molar-refractivity contribution in [2.24, 2.45) is 0 Å². The maximum Gasteiger partial charge on any atom is 0.165 e. The molecule has 0 N–H and O–H groups in total. The van der Waals surface area contributed by atoms with Crippen molar-refractivity contribution in [3.05, 3.63) is 182 Å². The van der Waals surface area contributed by atoms with E-state index in [1.807, 2.05) is 24.3 Å². The Hall–Kier alpha value is -6.52. The van der Waals surface area contributed by atoms with Crippen molar-refractivity contribution >= 4 is 0 Å². The summed E-state index contributed by atoms with van der Waals surface area (Å²) in [4.78, 5) is 19.3. The molecule has 0 saturated heterocycles. The molecule has 48 heavy (non-hydrogen) atoms. The van der Waals surface area contributed by atoms with Gasteiger partial charge in [0.05, 0.1) is 0 Å². The number of pyridine rings is 1. The Morgan fingerprint density at radius 2 is 0.562 bits per heavy atom. The molecular weight excluding hydrogens is 585 g/mol. The van der Waals surface area contributed by atoms with Crippen LogP contribution in [0.25, 0.3) is 78.7 Å². The fourth-order valence-electron chi connectivity index (χ4n) is 5.95. The second-order valence-corrected chi connectivity index (χ2v) is 11.6. The minimum absolute atomic E-state index is 0.580. The Balaban J connectivity index is 1.20. The summed E-state index contributed by atoms with van der Waals surface area (Å²) < 4.78 is 0. The van der Waals surface area contributed by atoms with E-state index in [4.69, 9.17) is 15.0 Å². The zero-order chi connectivity index (χ0) is 32.1. The average molecular weight is 615 g/mol. The van der Waals surface area contributed by atoms with Crippen LogP contribution in [0.5, 0.6) is 0 Å². The number of rotatable bonds is 7. The molecule has 0 atom stereocenters. The first-order valence-corrected chi connectivity index (χ1v) is 16.0. The van der Waals surface area contributed by atoms with Crippen LogP contribution in [0.2, 0.25) is 0 Å². The van der Waals surface area contributed by atoms with Crippen LogP contribution in [0.15, 0.2) is 182 Å². The van der Waals surface area contributed by atoms with Gasteiger partial charge in [0.15, 0.2) is 17.5 Å². The quantitative estimate of drug-likeness (QED) is 0.179. The first-order valence-electron chi connectivity index (χ1n) is 16.0. The van der Waals surface area contributed by atoms with Crippen molar-refractivity contribution in [2.45, 2.75) is 0 Å². The van der Waals surface area contributed by atoms with Gasteiger partial charge in [0.1, 0.15) is 0 Å². The third kappa shape index (κ3) is 6.15. The van der Waals surface area contributed by atoms with Gasteiger partial charge in [-0.2, -0.15) is 0 Å². The molecule has 0 radical (unpaired) electrons. The predicted molar refractivity (Wildman–Crippen MR) is 196 cm³/mol. The molecule has 6 aromatic carbocycles. The summed E-state index contributed by atoms with van der Waals surface area (Å²) in [6, 6.07) is 58.8. The summed E-state index contributed by atoms with van der Waals surface area (Å²) in [6.07, 6.45) is 3.55. The van der Waals surface area contributed by atoms with Gasteiger partial charge in [-0.05, 0) is 80.9 Å². The first kappa shape index (κ1) is 28.9. The number of hydrogen-bond donors (Lipinski definition) is 0. The Morgan fingerprint density at radius 1 is 0.250 bits per heavy atom. The molecule has 2 heterocycles. The molecule has 2 aromatic heterocycles. The molecule has 0 aliphatic rings. The lowest BCUT2D eigenvalue weighted by Crippen LogP contribution is -2.00. The summed E-state index contributed by atoms with van der Waals surface area (Å²) in [5.41, 5.74) is 11.8. The summed E-state index contributed by atoms with van der Waals surface area (Å²) in [7, 11) is 0. The second kappa shape index (κ2) is 13.1. The summed E-state index contributed by atoms with van der Waals surface area (Å²) in [5.74, 6) is 1.80. The largest absolute Gasteiger partial charge is 0.264 e. The predicted octanol–water partition coefficient (Wildman–Crippen LogP) is 10.9. The van der Waals surface area contributed by atoms with E-state index in [1.165, 1.54) is 22.3 Å². The van der Waals surface area contributed by atoms with E-state index in [9.17, 15) is 0 Å². The standard InChI is InChI=1S/C44H30N4/c1-3-12-31(13-4-1)33-16-7-18-35(26-33)37-20-9-22-39(28-37)42-46-43(48-44(47-42)41-24-11-25-45-30-41)40-23-10-21-38(29-40)36-19-8-17-34(27-36)32-14-5-2-6-15-32/h1-30H. The fraction of sp³-hybridized carbons (Fsp3) is 0. The smallest absolute Gasteiger partial charge is 0.165 e. The first-order chi connectivity index (χ1) is 23.8. The molecule has 8 aromatic rings. The van der Waals surface area contributed by atoms with E-state index >= 15 is 0 Å². The number of hydrogen-bond acceptors (Lipinski definition) is 4. The van der Waals surface area contributed by atoms with Gasteiger partial charge in [0.2, 0.25) is 0 Å². The normalized spacial score (nSPS) is 10.9. The molecule has 0 amide bonds. The SMILES string of the molecule is c1ccc(-c2cccc(-c3cccc(-c4nc(-c5cccnc5)nc(-c5cccc(-c6cccc(-c7ccccc7)c6)c5)n4)c3)c2)cc1. The highest BCUT2D eigenvalue weighted by Crippen LogP contribution is 2.32. The third-order valence-electron chi connectivity index (χ3n) is 8.40. The van der Waals surface area contributed by atoms with E-state index in [0.29, 0.717) is 17.5 Å². The van der Waals surface area contributed by atoms with E-state index in [1.54, 1.807) is 12.4 Å². The van der Waals surface area contributed by atoms with Crippen molar-refractivity contribution in [2.75, 3.05) is 0 Å². The van der Waals surface area contributed by atoms with E-state index < -0.39 is 0 Å². The molecule has 8 rings (SSSR count). The molecular formula is C44H30N4. The van der Waals surface area contributed by atoms with Crippen LogP contribution in [-0.4, -0.2) is 19.9 Å². The van der Waals surface area contributed by atoms with Crippen LogP contribution in [0.4, 0.5) is 0 Å². The van der Waals surface area contributed by atoms with E-state index in [-0.39, 0.29) is 0 Å². The van der Waals surface area contributed by atoms with Crippen LogP contribution >= 0.6 is 0 Å². The van der Waals surface area contributed by atoms with Crippen LogP contribution in [0.1, 0.15) is 0 Å². The van der Waals surface area contributed by atoms with Crippen molar-refractivity contribution in [3.8, 4) is 78.7 Å². The van der Waals surface area contributed by atoms with Gasteiger partial charge >= 0.3 is 0 Å². The highest BCUT2D eigenvalue weighted by atomic mass is 15.0. The van der Waals surface area contributed by atoms with E-state index in [0.717, 1.165) is 38.9 Å². The molecule has 0 saturated carbocycles. The summed E-state index contributed by atoms with van der Waals surface area (Å²) in [5, 5.41) is 0. The van der Waals surface area contributed by atoms with Gasteiger partial charge in [-0.15, -0.1) is 0 Å². The van der Waals surface area contributed by atoms with Crippen LogP contribution in [0, 0.1) is 0 Å². The van der Waals surface area contributed by atoms with Crippen LogP contribution < -0.4 is 0 Å². The second-order valence-electron chi connectivity index (χ2n) is 11.6. The molecule has 4 nitrogen and oxygen atoms in total. The Bertz CT molecular complexity index is 2190. The Kier molecular flexibility index (Phi) is 7.87. The van der Waals surface area contributed by atoms with Gasteiger partial charge in [-0.3, -0.25) is 4.98 Å². The summed E-state index contributed by atoms with van der Waals surface area (Å²) in [6.45, 7) is 0. The van der Waals surface area contributed by atoms with Crippen molar-refractivity contribution < 1.29 is 0 Å². The van der Waals surface area contributed by atoms with Gasteiger partial charge in [-0.25, -0.2) is 15.0 Å². The lowest BCUT2D eigenvalue weighted by atomic mass is 9.97. The van der Waals surface area contributed by atoms with Crippen LogP contribution in [0.3, 0.4) is 0 Å². The minimum atomic E-state index is 0.580. The molecule has 0 spiro atoms. The monoisotopic (exact) mass is 614 g/mol. The van der Waals surface area contributed by atoms with Gasteiger partial charge in [0, 0.05) is 29.1 Å². The molecule has 0 aliphatic heterocycles. The molecule has 0 aliphatic carbocycles. The van der Waals surface area contributed by atoms with Crippen molar-refractivity contribution in [1.82, 2.24) is 19.9 Å². The van der Waals surface area contributed by atoms with Crippen molar-refractivity contribution in [1.29, 1.82) is 0 Å². The number of benzene rings is 6. The molecule has 0 fully saturated rings. The Morgan fingerprint density at radius 3 is 0.958 bits per heavy atom. The number of aromatic nitrogens is 4. The van der Waals surface area contributed by atoms with E-state index in [2.05, 4.69) is 151 Å². The topological polar surface area (TPSA) is 51.6 Å². The highest BCUT2D eigenvalue weighted by molar-refractivity contribution is 5.78. The lowest BCUT2D eigenvalue weighted by Gasteiger charge is -2.11. The zero-order valence-electron chi connectivity index (χ0n) is 26.1. The minimum Gasteiger partial charge on any atom is -0.264 e. The zero-order valence-corrected chi connectivity index (χ0v) is 26.1. The molecule has 226 valence electrons. The number of nitrogens with zero attached hydrogens (tertiary/aromatic N) is 4. The highest BCUT2D eigenvalue weighted by Gasteiger charge is 2.14. The lowest BCUT2D eigenvalue weighted by molar-refractivity contribution is 1.07. The maximum atomic E-state index is 5.06. The van der Waals surface area contributed by atoms with Gasteiger partial charge < -0.3 is 0 Å². The third-order valence-corrected chi connectivity index (χ3v) is 8.40. The van der Waals surface area contributed by atoms with Gasteiger partial charge in [0.25, 0.3) is 0 Å². The maximum absolute atomic E-state index is 5.06. The molecule has 4 heteroatoms. The average Bonchev–Trinajstić information content (AvgIpc) is 3.19. The fourth-order valence-corrected chi connectivity index (χ4v) is 5.95. The van der Waals surface area contributed by atoms with Gasteiger partial charge in [-0.1, -0.05) is 133 Å². The van der Waals surface area contributed by atoms with Crippen molar-refractivity contribution in [3.63, 3.8) is 0 Å². The van der Waals surface area contributed by atoms with Crippen LogP contribution in [-0.2, 0) is 0 Å². The molecule has 0 unspecified atom stereocenters. The Labute approximate surface area is 280 Å². The molecule has 0 bridgehead atoms. The summed E-state index contributed by atoms with van der Waals surface area (Å²) >= 11 is 0.